The number of rotatable bonds is 9. The zero-order valence-electron chi connectivity index (χ0n) is 56.3. The lowest BCUT2D eigenvalue weighted by atomic mass is 9.95. The average Bonchev–Trinajstić information content (AvgIpc) is 1.56. The fraction of sp³-hybridized carbons (Fsp3) is 0.0769. The second-order valence-corrected chi connectivity index (χ2v) is 26.7. The molecule has 8 N–H and O–H groups in total. The maximum atomic E-state index is 14.5. The van der Waals surface area contributed by atoms with Crippen LogP contribution < -0.4 is 0 Å². The van der Waals surface area contributed by atoms with Gasteiger partial charge in [0.2, 0.25) is 0 Å². The molecule has 0 aliphatic carbocycles. The summed E-state index contributed by atoms with van der Waals surface area (Å²) < 4.78 is 187. The Morgan fingerprint density at radius 1 is 0.336 bits per heavy atom. The van der Waals surface area contributed by atoms with Crippen LogP contribution in [0.5, 0.6) is 23.5 Å². The van der Waals surface area contributed by atoms with Crippen molar-refractivity contribution in [3.05, 3.63) is 301 Å². The number of fused-ring (bicyclic) bond motifs is 4. The number of H-pyrrole nitrogens is 4. The summed E-state index contributed by atoms with van der Waals surface area (Å²) in [4.78, 5) is 75.5. The van der Waals surface area contributed by atoms with Crippen molar-refractivity contribution in [1.29, 1.82) is 0 Å². The Morgan fingerprint density at radius 3 is 1.21 bits per heavy atom. The third-order valence-corrected chi connectivity index (χ3v) is 19.7. The molecular weight excluding hydrogens is 1620 g/mol. The van der Waals surface area contributed by atoms with Crippen LogP contribution in [0.4, 0.5) is 61.5 Å². The fourth-order valence-corrected chi connectivity index (χ4v) is 13.8. The van der Waals surface area contributed by atoms with Crippen LogP contribution in [-0.2, 0) is 31.1 Å². The van der Waals surface area contributed by atoms with Crippen molar-refractivity contribution in [1.82, 2.24) is 19.9 Å². The number of aliphatic imine (C=N–C) groups is 4. The highest BCUT2D eigenvalue weighted by Crippen LogP contribution is 2.48. The molecule has 16 rings (SSSR count). The molecule has 4 aliphatic rings. The quantitative estimate of drug-likeness (QED) is 0.0643. The predicted molar refractivity (Wildman–Crippen MR) is 392 cm³/mol. The third-order valence-electron chi connectivity index (χ3n) is 17.8. The van der Waals surface area contributed by atoms with Gasteiger partial charge in [-0.2, -0.15) is 52.7 Å². The topological polar surface area (TPSA) is 262 Å². The minimum atomic E-state index is -4.78. The van der Waals surface area contributed by atoms with E-state index in [4.69, 9.17) is 58.0 Å². The lowest BCUT2D eigenvalue weighted by Gasteiger charge is -2.12. The number of aromatic amines is 4. The van der Waals surface area contributed by atoms with Crippen LogP contribution in [0.15, 0.2) is 190 Å². The van der Waals surface area contributed by atoms with Gasteiger partial charge in [0.15, 0.2) is 23.5 Å². The number of hydrogen-bond donors (Lipinski definition) is 8. The molecule has 0 saturated carbocycles. The van der Waals surface area contributed by atoms with Crippen LogP contribution in [0.25, 0.3) is 45.0 Å². The van der Waals surface area contributed by atoms with Crippen molar-refractivity contribution >= 4 is 104 Å². The molecule has 16 nitrogen and oxygen atoms in total. The molecule has 4 aliphatic heterocycles. The van der Waals surface area contributed by atoms with Gasteiger partial charge in [-0.3, -0.25) is 19.2 Å². The van der Waals surface area contributed by atoms with Gasteiger partial charge in [0.05, 0.1) is 132 Å². The van der Waals surface area contributed by atoms with Crippen molar-refractivity contribution in [3.8, 4) is 68.5 Å². The minimum Gasteiger partial charge on any atom is -0.494 e. The first-order valence-electron chi connectivity index (χ1n) is 32.4. The number of alkyl halides is 12. The van der Waals surface area contributed by atoms with Crippen LogP contribution in [-0.4, -0.2) is 86.8 Å². The van der Waals surface area contributed by atoms with Crippen LogP contribution in [0.1, 0.15) is 121 Å². The van der Waals surface area contributed by atoms with Gasteiger partial charge in [-0.25, -0.2) is 28.8 Å². The number of aromatic nitrogens is 4. The lowest BCUT2D eigenvalue weighted by Crippen LogP contribution is -2.13. The maximum Gasteiger partial charge on any atom is 0.417 e. The Labute approximate surface area is 649 Å². The molecule has 0 spiro atoms. The molecule has 113 heavy (non-hydrogen) atoms. The van der Waals surface area contributed by atoms with E-state index in [0.29, 0.717) is 33.3 Å². The van der Waals surface area contributed by atoms with Crippen LogP contribution in [0, 0.1) is 11.6 Å². The summed E-state index contributed by atoms with van der Waals surface area (Å²) >= 11 is 30.6. The van der Waals surface area contributed by atoms with E-state index in [-0.39, 0.29) is 122 Å². The van der Waals surface area contributed by atoms with E-state index >= 15 is 0 Å². The summed E-state index contributed by atoms with van der Waals surface area (Å²) in [7, 11) is 0. The smallest absolute Gasteiger partial charge is 0.417 e. The summed E-state index contributed by atoms with van der Waals surface area (Å²) in [6.07, 6.45) is -18.1. The molecule has 8 heterocycles. The Balaban J connectivity index is 0.000000132. The number of benzene rings is 8. The second kappa shape index (κ2) is 29.9. The Bertz CT molecular complexity index is 6150. The molecule has 0 atom stereocenters. The third kappa shape index (κ3) is 14.9. The molecule has 4 amide bonds. The first-order valence-corrected chi connectivity index (χ1v) is 34.3. The fourth-order valence-electron chi connectivity index (χ4n) is 12.8. The Morgan fingerprint density at radius 2 is 0.717 bits per heavy atom. The number of amides is 4. The highest BCUT2D eigenvalue weighted by Gasteiger charge is 2.44. The summed E-state index contributed by atoms with van der Waals surface area (Å²) in [5, 5.41) is 42.8. The molecule has 574 valence electrons. The summed E-state index contributed by atoms with van der Waals surface area (Å²) in [5.74, 6) is -6.26. The van der Waals surface area contributed by atoms with Gasteiger partial charge in [-0.1, -0.05) is 156 Å². The number of nitrogens with one attached hydrogen (secondary N) is 4. The standard InChI is InChI=1S/C20H13ClF2N2O2.2C20H10F6N2O2.C18H8Cl4N2O2/c1-2-9-3-5-11(14(23)7-9)17-15-16(20(27)24-17)18(25-19(15)26)12-8-10(21)4-6-13(12)22;21-19(22,23)11-5-1-3-9(7-11)15-13-14(18(30)27-15)16(28-17(13)29)10-4-2-6-12(8-10)20(24,25)26;21-19(22,23)11-7-3-1-5-9(11)15-13-14(18(30)27-15)16(28-17(13)29)10-6-2-4-8-12(10)20(24,25)26;19-9-5-1-3-7(13(9)21)15-11-12(18(26)23-15)16(24-17(11)25)8-4-2-6-10(20)14(8)22/h3-8,25-26H,2H2,1H3;2*1-8,27,30H;1-6,23,26H. The molecule has 4 aromatic heterocycles. The number of aromatic hydroxyl groups is 4. The Hall–Kier alpha value is -12.1. The zero-order chi connectivity index (χ0) is 81.6. The monoisotopic (exact) mass is 1660 g/mol. The van der Waals surface area contributed by atoms with E-state index in [1.807, 2.05) is 6.92 Å². The molecule has 35 heteroatoms. The number of aryl methyl sites for hydroxylation is 1. The number of hydrogen-bond acceptors (Lipinski definition) is 8. The molecule has 0 unspecified atom stereocenters. The molecule has 0 saturated heterocycles. The van der Waals surface area contributed by atoms with Crippen LogP contribution >= 0.6 is 58.0 Å². The second-order valence-electron chi connectivity index (χ2n) is 24.7. The molecule has 12 aromatic rings. The van der Waals surface area contributed by atoms with Gasteiger partial charge < -0.3 is 40.4 Å². The van der Waals surface area contributed by atoms with Crippen molar-refractivity contribution in [2.24, 2.45) is 20.0 Å². The van der Waals surface area contributed by atoms with E-state index in [1.165, 1.54) is 48.5 Å². The maximum absolute atomic E-state index is 14.5. The van der Waals surface area contributed by atoms with Gasteiger partial charge in [0.25, 0.3) is 23.6 Å². The van der Waals surface area contributed by atoms with Gasteiger partial charge in [-0.15, -0.1) is 0 Å². The zero-order valence-corrected chi connectivity index (χ0v) is 60.0. The number of nitrogens with zero attached hydrogens (tertiary/aromatic N) is 4. The van der Waals surface area contributed by atoms with Gasteiger partial charge in [0.1, 0.15) is 11.6 Å². The number of halogens is 19. The lowest BCUT2D eigenvalue weighted by molar-refractivity contribution is -0.138. The average molecular weight is 1660 g/mol. The summed E-state index contributed by atoms with van der Waals surface area (Å²) in [6, 6.07) is 35.2. The van der Waals surface area contributed by atoms with Gasteiger partial charge in [-0.05, 0) is 96.4 Å². The Kier molecular flexibility index (Phi) is 20.9. The van der Waals surface area contributed by atoms with E-state index < -0.39 is 116 Å². The first kappa shape index (κ1) is 79.0. The summed E-state index contributed by atoms with van der Waals surface area (Å²) in [5.41, 5.74) is -4.44. The van der Waals surface area contributed by atoms with E-state index in [1.54, 1.807) is 42.5 Å². The molecule has 0 fully saturated rings. The van der Waals surface area contributed by atoms with Crippen molar-refractivity contribution in [2.45, 2.75) is 38.0 Å². The predicted octanol–water partition coefficient (Wildman–Crippen LogP) is 21.7. The highest BCUT2D eigenvalue weighted by atomic mass is 35.5. The normalized spacial score (nSPS) is 13.6. The number of carbonyl (C=O) groups is 4. The van der Waals surface area contributed by atoms with E-state index in [2.05, 4.69) is 39.9 Å². The molecule has 8 aromatic carbocycles. The summed E-state index contributed by atoms with van der Waals surface area (Å²) in [6.45, 7) is 1.90. The first-order chi connectivity index (χ1) is 53.3. The SMILES string of the molecule is CCc1ccc(C2=NC(=O)c3c(-c4cc(Cl)ccc4F)[nH]c(O)c32)c(F)c1.O=C1N=C(c2cccc(C(F)(F)F)c2)c2c(O)[nH]c(-c3cccc(C(F)(F)F)c3)c21.O=C1N=C(c2cccc(Cl)c2Cl)c2c(O)[nH]c(-c3cccc(Cl)c3Cl)c21.O=C1N=C(c2ccccc2C(F)(F)F)c2c(O)[nH]c(-c3ccccc3C(F)(F)F)c21. The largest absolute Gasteiger partial charge is 0.494 e. The van der Waals surface area contributed by atoms with Crippen LogP contribution in [0.3, 0.4) is 0 Å². The molecule has 0 bridgehead atoms. The van der Waals surface area contributed by atoms with Crippen molar-refractivity contribution in [2.75, 3.05) is 0 Å². The van der Waals surface area contributed by atoms with E-state index in [0.717, 1.165) is 84.4 Å². The molecule has 0 radical (unpaired) electrons. The molecular formula is C78H41Cl5F14N8O8. The number of carbonyl (C=O) groups excluding carboxylic acids is 4. The van der Waals surface area contributed by atoms with Gasteiger partial charge >= 0.3 is 24.7 Å². The highest BCUT2D eigenvalue weighted by molar-refractivity contribution is 6.46. The van der Waals surface area contributed by atoms with E-state index in [9.17, 15) is 101 Å². The van der Waals surface area contributed by atoms with Crippen LogP contribution in [0.2, 0.25) is 25.1 Å². The van der Waals surface area contributed by atoms with Crippen molar-refractivity contribution in [3.63, 3.8) is 0 Å². The van der Waals surface area contributed by atoms with Crippen molar-refractivity contribution < 1.29 is 101 Å². The minimum absolute atomic E-state index is 0.0114. The van der Waals surface area contributed by atoms with Gasteiger partial charge in [0, 0.05) is 44.0 Å².